The molecule has 0 atom stereocenters. The first kappa shape index (κ1) is 12.3. The molecule has 0 aliphatic heterocycles. The molecule has 0 fully saturated rings. The number of fused-ring (bicyclic) bond motifs is 1. The average molecular weight is 248 g/mol. The van der Waals surface area contributed by atoms with E-state index in [0.29, 0.717) is 24.2 Å². The quantitative estimate of drug-likeness (QED) is 0.863. The molecule has 0 radical (unpaired) electrons. The first-order valence-corrected chi connectivity index (χ1v) is 5.37. The van der Waals surface area contributed by atoms with E-state index in [2.05, 4.69) is 4.98 Å². The zero-order chi connectivity index (χ0) is 13.1. The minimum atomic E-state index is -1.32. The SMILES string of the molecule is COCCn1c(=O)c(C(=O)O)nc2ccccc21. The molecule has 0 amide bonds. The fraction of sp³-hybridized carbons (Fsp3) is 0.250. The van der Waals surface area contributed by atoms with Crippen LogP contribution in [-0.4, -0.2) is 34.3 Å². The van der Waals surface area contributed by atoms with Crippen LogP contribution in [0.1, 0.15) is 10.5 Å². The molecule has 0 saturated carbocycles. The van der Waals surface area contributed by atoms with E-state index in [1.54, 1.807) is 24.3 Å². The summed E-state index contributed by atoms with van der Waals surface area (Å²) in [5, 5.41) is 8.97. The summed E-state index contributed by atoms with van der Waals surface area (Å²) < 4.78 is 6.29. The van der Waals surface area contributed by atoms with E-state index < -0.39 is 17.2 Å². The summed E-state index contributed by atoms with van der Waals surface area (Å²) in [4.78, 5) is 26.8. The summed E-state index contributed by atoms with van der Waals surface area (Å²) >= 11 is 0. The minimum Gasteiger partial charge on any atom is -0.476 e. The second kappa shape index (κ2) is 4.97. The van der Waals surface area contributed by atoms with Gasteiger partial charge in [-0.05, 0) is 12.1 Å². The number of ether oxygens (including phenoxy) is 1. The lowest BCUT2D eigenvalue weighted by molar-refractivity contribution is 0.0687. The second-order valence-electron chi connectivity index (χ2n) is 3.70. The largest absolute Gasteiger partial charge is 0.476 e. The maximum atomic E-state index is 12.0. The van der Waals surface area contributed by atoms with E-state index in [4.69, 9.17) is 9.84 Å². The van der Waals surface area contributed by atoms with Crippen LogP contribution in [0.4, 0.5) is 0 Å². The van der Waals surface area contributed by atoms with Gasteiger partial charge in [0.25, 0.3) is 5.56 Å². The highest BCUT2D eigenvalue weighted by atomic mass is 16.5. The third-order valence-electron chi connectivity index (χ3n) is 2.57. The van der Waals surface area contributed by atoms with Gasteiger partial charge in [0.15, 0.2) is 0 Å². The Balaban J connectivity index is 2.73. The van der Waals surface area contributed by atoms with E-state index in [9.17, 15) is 9.59 Å². The molecule has 0 aliphatic rings. The van der Waals surface area contributed by atoms with Crippen molar-refractivity contribution >= 4 is 17.0 Å². The van der Waals surface area contributed by atoms with Gasteiger partial charge in [0, 0.05) is 13.7 Å². The number of benzene rings is 1. The summed E-state index contributed by atoms with van der Waals surface area (Å²) in [6.45, 7) is 0.617. The molecule has 6 heteroatoms. The van der Waals surface area contributed by atoms with Crippen LogP contribution in [-0.2, 0) is 11.3 Å². The lowest BCUT2D eigenvalue weighted by Crippen LogP contribution is -2.29. The van der Waals surface area contributed by atoms with E-state index >= 15 is 0 Å². The Kier molecular flexibility index (Phi) is 3.38. The van der Waals surface area contributed by atoms with Crippen LogP contribution in [0.15, 0.2) is 29.1 Å². The summed E-state index contributed by atoms with van der Waals surface area (Å²) in [6.07, 6.45) is 0. The molecule has 1 aromatic heterocycles. The van der Waals surface area contributed by atoms with Crippen molar-refractivity contribution in [3.05, 3.63) is 40.3 Å². The summed E-state index contributed by atoms with van der Waals surface area (Å²) in [5.74, 6) is -1.32. The molecule has 94 valence electrons. The summed E-state index contributed by atoms with van der Waals surface area (Å²) in [6, 6.07) is 6.91. The van der Waals surface area contributed by atoms with Gasteiger partial charge in [-0.1, -0.05) is 12.1 Å². The molecular weight excluding hydrogens is 236 g/mol. The third-order valence-corrected chi connectivity index (χ3v) is 2.57. The van der Waals surface area contributed by atoms with Crippen molar-refractivity contribution in [3.63, 3.8) is 0 Å². The fourth-order valence-corrected chi connectivity index (χ4v) is 1.74. The Morgan fingerprint density at radius 2 is 2.17 bits per heavy atom. The van der Waals surface area contributed by atoms with Gasteiger partial charge in [0.05, 0.1) is 17.6 Å². The zero-order valence-corrected chi connectivity index (χ0v) is 9.79. The van der Waals surface area contributed by atoms with Crippen molar-refractivity contribution in [3.8, 4) is 0 Å². The number of hydrogen-bond acceptors (Lipinski definition) is 4. The normalized spacial score (nSPS) is 10.7. The van der Waals surface area contributed by atoms with Crippen LogP contribution in [0.5, 0.6) is 0 Å². The monoisotopic (exact) mass is 248 g/mol. The number of aromatic nitrogens is 2. The lowest BCUT2D eigenvalue weighted by atomic mass is 10.2. The highest BCUT2D eigenvalue weighted by molar-refractivity contribution is 5.88. The molecule has 0 bridgehead atoms. The standard InChI is InChI=1S/C12H12N2O4/c1-18-7-6-14-9-5-3-2-4-8(9)13-10(11(14)15)12(16)17/h2-5H,6-7H2,1H3,(H,16,17). The molecule has 1 heterocycles. The maximum absolute atomic E-state index is 12.0. The number of hydrogen-bond donors (Lipinski definition) is 1. The lowest BCUT2D eigenvalue weighted by Gasteiger charge is -2.10. The van der Waals surface area contributed by atoms with Crippen molar-refractivity contribution in [2.75, 3.05) is 13.7 Å². The molecule has 0 unspecified atom stereocenters. The number of carbonyl (C=O) groups is 1. The van der Waals surface area contributed by atoms with Crippen molar-refractivity contribution in [2.24, 2.45) is 0 Å². The first-order valence-electron chi connectivity index (χ1n) is 5.37. The smallest absolute Gasteiger partial charge is 0.360 e. The van der Waals surface area contributed by atoms with Gasteiger partial charge in [0.2, 0.25) is 5.69 Å². The Morgan fingerprint density at radius 3 is 2.83 bits per heavy atom. The Bertz CT molecular complexity index is 648. The fourth-order valence-electron chi connectivity index (χ4n) is 1.74. The number of para-hydroxylation sites is 2. The molecule has 2 aromatic rings. The number of carboxylic acids is 1. The molecule has 18 heavy (non-hydrogen) atoms. The molecule has 0 saturated heterocycles. The Hall–Kier alpha value is -2.21. The Labute approximate surface area is 102 Å². The molecular formula is C12H12N2O4. The highest BCUT2D eigenvalue weighted by Gasteiger charge is 2.15. The van der Waals surface area contributed by atoms with Gasteiger partial charge in [-0.25, -0.2) is 9.78 Å². The van der Waals surface area contributed by atoms with Gasteiger partial charge in [-0.2, -0.15) is 0 Å². The number of aromatic carboxylic acids is 1. The predicted octanol–water partition coefficient (Wildman–Crippen LogP) is 0.741. The molecule has 0 aliphatic carbocycles. The van der Waals surface area contributed by atoms with E-state index in [1.165, 1.54) is 11.7 Å². The molecule has 1 aromatic carbocycles. The predicted molar refractivity (Wildman–Crippen MR) is 64.8 cm³/mol. The number of rotatable bonds is 4. The second-order valence-corrected chi connectivity index (χ2v) is 3.70. The average Bonchev–Trinajstić information content (AvgIpc) is 2.37. The van der Waals surface area contributed by atoms with Gasteiger partial charge in [-0.3, -0.25) is 4.79 Å². The van der Waals surface area contributed by atoms with E-state index in [-0.39, 0.29) is 0 Å². The number of carboxylic acid groups (broad SMARTS) is 1. The topological polar surface area (TPSA) is 81.4 Å². The number of nitrogens with zero attached hydrogens (tertiary/aromatic N) is 2. The van der Waals surface area contributed by atoms with Gasteiger partial charge in [-0.15, -0.1) is 0 Å². The summed E-state index contributed by atoms with van der Waals surface area (Å²) in [5.41, 5.74) is -0.00166. The van der Waals surface area contributed by atoms with Crippen LogP contribution in [0, 0.1) is 0 Å². The number of methoxy groups -OCH3 is 1. The minimum absolute atomic E-state index is 0.290. The van der Waals surface area contributed by atoms with E-state index in [0.717, 1.165) is 0 Å². The molecule has 6 nitrogen and oxygen atoms in total. The first-order chi connectivity index (χ1) is 8.65. The van der Waals surface area contributed by atoms with Crippen molar-refractivity contribution in [1.82, 2.24) is 9.55 Å². The summed E-state index contributed by atoms with van der Waals surface area (Å²) in [7, 11) is 1.52. The zero-order valence-electron chi connectivity index (χ0n) is 9.79. The van der Waals surface area contributed by atoms with Crippen LogP contribution in [0.25, 0.3) is 11.0 Å². The molecule has 2 rings (SSSR count). The van der Waals surface area contributed by atoms with Gasteiger partial charge >= 0.3 is 5.97 Å². The molecule has 1 N–H and O–H groups in total. The molecule has 0 spiro atoms. The van der Waals surface area contributed by atoms with Crippen LogP contribution < -0.4 is 5.56 Å². The van der Waals surface area contributed by atoms with Gasteiger partial charge in [0.1, 0.15) is 0 Å². The highest BCUT2D eigenvalue weighted by Crippen LogP contribution is 2.09. The van der Waals surface area contributed by atoms with Crippen LogP contribution in [0.2, 0.25) is 0 Å². The van der Waals surface area contributed by atoms with Crippen molar-refractivity contribution in [1.29, 1.82) is 0 Å². The Morgan fingerprint density at radius 1 is 1.44 bits per heavy atom. The third kappa shape index (κ3) is 2.10. The van der Waals surface area contributed by atoms with E-state index in [1.807, 2.05) is 0 Å². The van der Waals surface area contributed by atoms with Crippen LogP contribution >= 0.6 is 0 Å². The maximum Gasteiger partial charge on any atom is 0.360 e. The van der Waals surface area contributed by atoms with Crippen LogP contribution in [0.3, 0.4) is 0 Å². The van der Waals surface area contributed by atoms with Crippen molar-refractivity contribution in [2.45, 2.75) is 6.54 Å². The van der Waals surface area contributed by atoms with Gasteiger partial charge < -0.3 is 14.4 Å². The van der Waals surface area contributed by atoms with Crippen molar-refractivity contribution < 1.29 is 14.6 Å².